The normalized spacial score (nSPS) is 22.5. The molecule has 0 aliphatic carbocycles. The number of carbonyl (C=O) groups excluding carboxylic acids is 1. The van der Waals surface area contributed by atoms with Crippen LogP contribution in [0.4, 0.5) is 10.5 Å². The van der Waals surface area contributed by atoms with Crippen LogP contribution in [-0.2, 0) is 10.8 Å². The number of halogens is 1. The largest absolute Gasteiger partial charge is 0.497 e. The molecule has 21 heavy (non-hydrogen) atoms. The third kappa shape index (κ3) is 4.44. The molecule has 1 aromatic rings. The van der Waals surface area contributed by atoms with Crippen molar-refractivity contribution in [2.45, 2.75) is 19.4 Å². The summed E-state index contributed by atoms with van der Waals surface area (Å²) in [5.41, 5.74) is 0.670. The third-order valence-electron chi connectivity index (χ3n) is 3.47. The molecular formula is C14H19BrN2O3S. The van der Waals surface area contributed by atoms with Gasteiger partial charge in [0.15, 0.2) is 0 Å². The molecule has 1 N–H and O–H groups in total. The number of carbonyl (C=O) groups is 1. The number of ether oxygens (including phenoxy) is 1. The minimum absolute atomic E-state index is 0.0884. The average Bonchev–Trinajstić information content (AvgIpc) is 2.60. The van der Waals surface area contributed by atoms with Crippen molar-refractivity contribution in [3.8, 4) is 5.75 Å². The fourth-order valence-electron chi connectivity index (χ4n) is 2.23. The molecule has 116 valence electrons. The van der Waals surface area contributed by atoms with Crippen LogP contribution in [0.3, 0.4) is 0 Å². The predicted molar refractivity (Wildman–Crippen MR) is 88.4 cm³/mol. The van der Waals surface area contributed by atoms with E-state index in [0.717, 1.165) is 10.9 Å². The number of anilines is 1. The van der Waals surface area contributed by atoms with Crippen molar-refractivity contribution >= 4 is 38.4 Å². The fourth-order valence-corrected chi connectivity index (χ4v) is 3.91. The Bertz CT molecular complexity index is 553. The summed E-state index contributed by atoms with van der Waals surface area (Å²) in [6.45, 7) is 2.51. The summed E-state index contributed by atoms with van der Waals surface area (Å²) in [7, 11) is 0.763. The Balaban J connectivity index is 2.09. The van der Waals surface area contributed by atoms with Gasteiger partial charge < -0.3 is 15.0 Å². The molecule has 0 bridgehead atoms. The Morgan fingerprint density at radius 1 is 1.43 bits per heavy atom. The van der Waals surface area contributed by atoms with E-state index in [1.807, 2.05) is 19.1 Å². The van der Waals surface area contributed by atoms with Crippen LogP contribution in [0.1, 0.15) is 13.3 Å². The molecule has 1 heterocycles. The van der Waals surface area contributed by atoms with Gasteiger partial charge in [-0.1, -0.05) is 15.9 Å². The number of nitrogens with zero attached hydrogens (tertiary/aromatic N) is 1. The van der Waals surface area contributed by atoms with Crippen LogP contribution in [-0.4, -0.2) is 46.3 Å². The van der Waals surface area contributed by atoms with Gasteiger partial charge in [-0.3, -0.25) is 4.21 Å². The summed E-state index contributed by atoms with van der Waals surface area (Å²) in [5, 5.41) is 2.88. The van der Waals surface area contributed by atoms with E-state index < -0.39 is 10.8 Å². The average molecular weight is 375 g/mol. The van der Waals surface area contributed by atoms with E-state index in [-0.39, 0.29) is 12.1 Å². The predicted octanol–water partition coefficient (Wildman–Crippen LogP) is 2.83. The summed E-state index contributed by atoms with van der Waals surface area (Å²) >= 11 is 3.39. The van der Waals surface area contributed by atoms with Crippen LogP contribution in [0, 0.1) is 0 Å². The van der Waals surface area contributed by atoms with E-state index in [4.69, 9.17) is 4.74 Å². The monoisotopic (exact) mass is 374 g/mol. The van der Waals surface area contributed by atoms with Crippen molar-refractivity contribution in [3.63, 3.8) is 0 Å². The van der Waals surface area contributed by atoms with Crippen molar-refractivity contribution in [2.24, 2.45) is 0 Å². The number of methoxy groups -OCH3 is 1. The number of rotatable bonds is 2. The Morgan fingerprint density at radius 3 is 2.90 bits per heavy atom. The van der Waals surface area contributed by atoms with Gasteiger partial charge in [-0.2, -0.15) is 0 Å². The quantitative estimate of drug-likeness (QED) is 0.865. The second-order valence-electron chi connectivity index (χ2n) is 4.99. The van der Waals surface area contributed by atoms with Gasteiger partial charge in [0.2, 0.25) is 0 Å². The molecule has 5 nitrogen and oxygen atoms in total. The van der Waals surface area contributed by atoms with E-state index in [0.29, 0.717) is 29.5 Å². The van der Waals surface area contributed by atoms with Gasteiger partial charge in [-0.25, -0.2) is 4.79 Å². The molecule has 2 atom stereocenters. The lowest BCUT2D eigenvalue weighted by Gasteiger charge is -2.27. The molecular weight excluding hydrogens is 356 g/mol. The SMILES string of the molecule is COc1cc(Br)cc(NC(=O)N2CCS(=O)CCC2C)c1. The molecule has 2 rings (SSSR count). The van der Waals surface area contributed by atoms with E-state index in [9.17, 15) is 9.00 Å². The first-order valence-corrected chi connectivity index (χ1v) is 9.05. The smallest absolute Gasteiger partial charge is 0.322 e. The zero-order valence-corrected chi connectivity index (χ0v) is 14.5. The molecule has 1 aromatic carbocycles. The number of amides is 2. The number of urea groups is 1. The number of nitrogens with one attached hydrogen (secondary N) is 1. The van der Waals surface area contributed by atoms with Crippen LogP contribution in [0.5, 0.6) is 5.75 Å². The Labute approximate surface area is 135 Å². The molecule has 1 aliphatic rings. The Morgan fingerprint density at radius 2 is 2.19 bits per heavy atom. The van der Waals surface area contributed by atoms with Gasteiger partial charge >= 0.3 is 6.03 Å². The molecule has 0 spiro atoms. The van der Waals surface area contributed by atoms with Crippen LogP contribution < -0.4 is 10.1 Å². The molecule has 0 aromatic heterocycles. The summed E-state index contributed by atoms with van der Waals surface area (Å²) in [4.78, 5) is 14.2. The van der Waals surface area contributed by atoms with Crippen LogP contribution in [0.25, 0.3) is 0 Å². The van der Waals surface area contributed by atoms with Gasteiger partial charge in [-0.15, -0.1) is 0 Å². The Hall–Kier alpha value is -1.08. The fraction of sp³-hybridized carbons (Fsp3) is 0.500. The van der Waals surface area contributed by atoms with Crippen molar-refractivity contribution in [1.29, 1.82) is 0 Å². The molecule has 1 saturated heterocycles. The molecule has 1 fully saturated rings. The summed E-state index contributed by atoms with van der Waals surface area (Å²) in [6, 6.07) is 5.34. The maximum atomic E-state index is 12.4. The van der Waals surface area contributed by atoms with Crippen LogP contribution >= 0.6 is 15.9 Å². The van der Waals surface area contributed by atoms with E-state index in [1.54, 1.807) is 18.1 Å². The van der Waals surface area contributed by atoms with Gasteiger partial charge in [0.1, 0.15) is 5.75 Å². The van der Waals surface area contributed by atoms with Gasteiger partial charge in [0.05, 0.1) is 7.11 Å². The van der Waals surface area contributed by atoms with Crippen molar-refractivity contribution in [2.75, 3.05) is 30.5 Å². The molecule has 2 amide bonds. The highest BCUT2D eigenvalue weighted by Gasteiger charge is 2.24. The highest BCUT2D eigenvalue weighted by Crippen LogP contribution is 2.25. The number of hydrogen-bond acceptors (Lipinski definition) is 3. The summed E-state index contributed by atoms with van der Waals surface area (Å²) in [6.07, 6.45) is 0.766. The summed E-state index contributed by atoms with van der Waals surface area (Å²) in [5.74, 6) is 1.87. The highest BCUT2D eigenvalue weighted by atomic mass is 79.9. The first-order chi connectivity index (χ1) is 9.99. The van der Waals surface area contributed by atoms with Gasteiger partial charge in [0, 0.05) is 51.1 Å². The zero-order chi connectivity index (χ0) is 15.4. The zero-order valence-electron chi connectivity index (χ0n) is 12.1. The van der Waals surface area contributed by atoms with Gasteiger partial charge in [-0.05, 0) is 25.5 Å². The lowest BCUT2D eigenvalue weighted by Crippen LogP contribution is -2.42. The van der Waals surface area contributed by atoms with E-state index >= 15 is 0 Å². The van der Waals surface area contributed by atoms with E-state index in [2.05, 4.69) is 21.2 Å². The molecule has 1 aliphatic heterocycles. The minimum atomic E-state index is -0.820. The first-order valence-electron chi connectivity index (χ1n) is 6.77. The first kappa shape index (κ1) is 16.3. The number of hydrogen-bond donors (Lipinski definition) is 1. The minimum Gasteiger partial charge on any atom is -0.497 e. The standard InChI is InChI=1S/C14H19BrN2O3S/c1-10-3-5-21(19)6-4-17(10)14(18)16-12-7-11(15)8-13(9-12)20-2/h7-10H,3-6H2,1-2H3,(H,16,18). The Kier molecular flexibility index (Phi) is 5.64. The second kappa shape index (κ2) is 7.26. The van der Waals surface area contributed by atoms with Crippen molar-refractivity contribution in [3.05, 3.63) is 22.7 Å². The maximum absolute atomic E-state index is 12.4. The van der Waals surface area contributed by atoms with Crippen molar-refractivity contribution < 1.29 is 13.7 Å². The van der Waals surface area contributed by atoms with Crippen molar-refractivity contribution in [1.82, 2.24) is 4.90 Å². The third-order valence-corrected chi connectivity index (χ3v) is 5.26. The number of benzene rings is 1. The lowest BCUT2D eigenvalue weighted by atomic mass is 10.2. The lowest BCUT2D eigenvalue weighted by molar-refractivity contribution is 0.197. The maximum Gasteiger partial charge on any atom is 0.322 e. The topological polar surface area (TPSA) is 58.6 Å². The van der Waals surface area contributed by atoms with E-state index in [1.165, 1.54) is 0 Å². The van der Waals surface area contributed by atoms with Crippen LogP contribution in [0.2, 0.25) is 0 Å². The highest BCUT2D eigenvalue weighted by molar-refractivity contribution is 9.10. The summed E-state index contributed by atoms with van der Waals surface area (Å²) < 4.78 is 17.6. The molecule has 2 unspecified atom stereocenters. The van der Waals surface area contributed by atoms with Gasteiger partial charge in [0.25, 0.3) is 0 Å². The van der Waals surface area contributed by atoms with Crippen LogP contribution in [0.15, 0.2) is 22.7 Å². The molecule has 0 saturated carbocycles. The molecule has 7 heteroatoms. The molecule has 0 radical (unpaired) electrons. The second-order valence-corrected chi connectivity index (χ2v) is 7.60.